The first kappa shape index (κ1) is 19.7. The number of aromatic nitrogens is 1. The van der Waals surface area contributed by atoms with Crippen LogP contribution in [-0.4, -0.2) is 64.5 Å². The van der Waals surface area contributed by atoms with Crippen LogP contribution in [-0.2, 0) is 20.7 Å². The van der Waals surface area contributed by atoms with Gasteiger partial charge in [-0.2, -0.15) is 0 Å². The summed E-state index contributed by atoms with van der Waals surface area (Å²) in [7, 11) is 1.83. The summed E-state index contributed by atoms with van der Waals surface area (Å²) >= 11 is 0. The highest BCUT2D eigenvalue weighted by molar-refractivity contribution is 5.93. The summed E-state index contributed by atoms with van der Waals surface area (Å²) in [6, 6.07) is 6.13. The highest BCUT2D eigenvalue weighted by Crippen LogP contribution is 2.53. The van der Waals surface area contributed by atoms with E-state index in [9.17, 15) is 9.59 Å². The molecule has 1 saturated carbocycles. The van der Waals surface area contributed by atoms with Crippen LogP contribution in [0.2, 0.25) is 0 Å². The molecule has 4 aliphatic rings. The zero-order valence-corrected chi connectivity index (χ0v) is 17.7. The highest BCUT2D eigenvalue weighted by Gasteiger charge is 2.67. The molecule has 2 amide bonds. The van der Waals surface area contributed by atoms with E-state index in [2.05, 4.69) is 16.0 Å². The van der Waals surface area contributed by atoms with Crippen molar-refractivity contribution >= 4 is 11.8 Å². The molecular formula is C24H31N3O3. The number of likely N-dealkylation sites (N-methyl/N-ethyl adjacent to an activating group) is 1. The Balaban J connectivity index is 1.31. The Hall–Kier alpha value is -2.21. The van der Waals surface area contributed by atoms with Crippen LogP contribution in [0.4, 0.5) is 0 Å². The van der Waals surface area contributed by atoms with E-state index in [-0.39, 0.29) is 23.8 Å². The van der Waals surface area contributed by atoms with Gasteiger partial charge in [0.05, 0.1) is 24.5 Å². The van der Waals surface area contributed by atoms with Crippen LogP contribution in [0.5, 0.6) is 0 Å². The Morgan fingerprint density at radius 3 is 2.80 bits per heavy atom. The number of hydrogen-bond donors (Lipinski definition) is 0. The van der Waals surface area contributed by atoms with Crippen molar-refractivity contribution in [3.63, 3.8) is 0 Å². The fraction of sp³-hybridized carbons (Fsp3) is 0.625. The van der Waals surface area contributed by atoms with Crippen molar-refractivity contribution < 1.29 is 14.3 Å². The molecule has 2 bridgehead atoms. The minimum absolute atomic E-state index is 0.0169. The first-order valence-corrected chi connectivity index (χ1v) is 11.4. The molecule has 0 unspecified atom stereocenters. The molecule has 4 heterocycles. The number of carbonyl (C=O) groups excluding carboxylic acids is 2. The number of carbonyl (C=O) groups is 2. The fourth-order valence-electron chi connectivity index (χ4n) is 5.88. The fourth-order valence-corrected chi connectivity index (χ4v) is 5.88. The normalized spacial score (nSPS) is 33.0. The van der Waals surface area contributed by atoms with Gasteiger partial charge in [0.25, 0.3) is 0 Å². The van der Waals surface area contributed by atoms with E-state index in [4.69, 9.17) is 4.74 Å². The van der Waals surface area contributed by atoms with Gasteiger partial charge in [0.1, 0.15) is 5.60 Å². The number of nitrogens with zero attached hydrogens (tertiary/aromatic N) is 3. The van der Waals surface area contributed by atoms with Gasteiger partial charge >= 0.3 is 0 Å². The van der Waals surface area contributed by atoms with Crippen LogP contribution in [0, 0.1) is 11.8 Å². The van der Waals surface area contributed by atoms with Crippen LogP contribution in [0.15, 0.2) is 36.5 Å². The predicted octanol–water partition coefficient (Wildman–Crippen LogP) is 2.59. The molecule has 0 radical (unpaired) electrons. The van der Waals surface area contributed by atoms with Crippen LogP contribution < -0.4 is 0 Å². The minimum Gasteiger partial charge on any atom is -0.360 e. The molecule has 3 fully saturated rings. The lowest BCUT2D eigenvalue weighted by molar-refractivity contribution is -0.143. The third-order valence-corrected chi connectivity index (χ3v) is 7.49. The zero-order chi connectivity index (χ0) is 20.7. The zero-order valence-electron chi connectivity index (χ0n) is 17.7. The van der Waals surface area contributed by atoms with Gasteiger partial charge in [-0.05, 0) is 25.0 Å². The van der Waals surface area contributed by atoms with E-state index in [1.807, 2.05) is 31.3 Å². The van der Waals surface area contributed by atoms with Crippen LogP contribution >= 0.6 is 0 Å². The molecule has 3 aliphatic heterocycles. The highest BCUT2D eigenvalue weighted by atomic mass is 16.5. The second-order valence-electron chi connectivity index (χ2n) is 9.34. The monoisotopic (exact) mass is 409 g/mol. The molecule has 1 aromatic rings. The van der Waals surface area contributed by atoms with Crippen molar-refractivity contribution in [3.8, 4) is 0 Å². The molecule has 2 saturated heterocycles. The topological polar surface area (TPSA) is 62.7 Å². The maximum Gasteiger partial charge on any atom is 0.230 e. The third-order valence-electron chi connectivity index (χ3n) is 7.49. The van der Waals surface area contributed by atoms with Crippen molar-refractivity contribution in [2.24, 2.45) is 11.8 Å². The second kappa shape index (κ2) is 7.80. The van der Waals surface area contributed by atoms with Gasteiger partial charge in [-0.25, -0.2) is 0 Å². The lowest BCUT2D eigenvalue weighted by Gasteiger charge is -2.30. The van der Waals surface area contributed by atoms with Gasteiger partial charge in [-0.1, -0.05) is 43.9 Å². The Morgan fingerprint density at radius 2 is 2.07 bits per heavy atom. The number of ether oxygens (including phenoxy) is 1. The first-order chi connectivity index (χ1) is 14.6. The molecular weight excluding hydrogens is 378 g/mol. The molecule has 30 heavy (non-hydrogen) atoms. The number of rotatable bonds is 5. The molecule has 160 valence electrons. The van der Waals surface area contributed by atoms with E-state index in [1.54, 1.807) is 11.1 Å². The Bertz CT molecular complexity index is 833. The quantitative estimate of drug-likeness (QED) is 0.554. The van der Waals surface area contributed by atoms with Gasteiger partial charge < -0.3 is 14.5 Å². The van der Waals surface area contributed by atoms with Crippen molar-refractivity contribution in [2.75, 3.05) is 20.1 Å². The molecule has 1 aliphatic carbocycles. The molecule has 0 aromatic carbocycles. The summed E-state index contributed by atoms with van der Waals surface area (Å²) in [4.78, 5) is 35.1. The standard InChI is InChI=1S/C24H31N3O3/c1-26(15-12-17-8-6-7-14-25-17)22(28)20-19-11-13-24(30-19)16-27(23(29)21(20)24)18-9-4-2-3-5-10-18/h6-8,11,13-14,18-21H,2-5,9-10,12,15-16H2,1H3/t19-,20-,21-,24-/m0/s1. The number of hydrogen-bond acceptors (Lipinski definition) is 4. The van der Waals surface area contributed by atoms with Crippen molar-refractivity contribution in [3.05, 3.63) is 42.2 Å². The molecule has 6 nitrogen and oxygen atoms in total. The summed E-state index contributed by atoms with van der Waals surface area (Å²) in [5.74, 6) is -0.638. The molecule has 0 N–H and O–H groups in total. The smallest absolute Gasteiger partial charge is 0.230 e. The Labute approximate surface area is 178 Å². The molecule has 4 atom stereocenters. The summed E-state index contributed by atoms with van der Waals surface area (Å²) < 4.78 is 6.32. The summed E-state index contributed by atoms with van der Waals surface area (Å²) in [5, 5.41) is 0. The van der Waals surface area contributed by atoms with Crippen LogP contribution in [0.25, 0.3) is 0 Å². The van der Waals surface area contributed by atoms with Gasteiger partial charge in [0, 0.05) is 37.9 Å². The largest absolute Gasteiger partial charge is 0.360 e. The van der Waals surface area contributed by atoms with Crippen molar-refractivity contribution in [1.82, 2.24) is 14.8 Å². The molecule has 1 aromatic heterocycles. The average Bonchev–Trinajstić information content (AvgIpc) is 3.32. The van der Waals surface area contributed by atoms with Gasteiger partial charge in [-0.3, -0.25) is 14.6 Å². The maximum atomic E-state index is 13.5. The average molecular weight is 410 g/mol. The summed E-state index contributed by atoms with van der Waals surface area (Å²) in [6.07, 6.45) is 13.3. The lowest BCUT2D eigenvalue weighted by atomic mass is 9.76. The molecule has 6 heteroatoms. The predicted molar refractivity (Wildman–Crippen MR) is 113 cm³/mol. The molecule has 5 rings (SSSR count). The van der Waals surface area contributed by atoms with E-state index < -0.39 is 11.5 Å². The van der Waals surface area contributed by atoms with E-state index in [0.29, 0.717) is 25.6 Å². The van der Waals surface area contributed by atoms with E-state index >= 15 is 0 Å². The van der Waals surface area contributed by atoms with Crippen LogP contribution in [0.1, 0.15) is 44.2 Å². The summed E-state index contributed by atoms with van der Waals surface area (Å²) in [6.45, 7) is 1.19. The van der Waals surface area contributed by atoms with E-state index in [0.717, 1.165) is 18.5 Å². The number of likely N-dealkylation sites (tertiary alicyclic amines) is 1. The van der Waals surface area contributed by atoms with Crippen molar-refractivity contribution in [1.29, 1.82) is 0 Å². The van der Waals surface area contributed by atoms with Crippen LogP contribution in [0.3, 0.4) is 0 Å². The van der Waals surface area contributed by atoms with Crippen molar-refractivity contribution in [2.45, 2.75) is 62.7 Å². The lowest BCUT2D eigenvalue weighted by Crippen LogP contribution is -2.45. The number of amides is 2. The first-order valence-electron chi connectivity index (χ1n) is 11.4. The van der Waals surface area contributed by atoms with E-state index in [1.165, 1.54) is 25.7 Å². The number of pyridine rings is 1. The third kappa shape index (κ3) is 3.25. The Morgan fingerprint density at radius 1 is 1.27 bits per heavy atom. The SMILES string of the molecule is CN(CCc1ccccn1)C(=O)[C@H]1[C@@H]2C=C[C@@]3(CN(C4CCCCCC4)C(=O)[C@H]13)O2. The minimum atomic E-state index is -0.601. The summed E-state index contributed by atoms with van der Waals surface area (Å²) in [5.41, 5.74) is 0.366. The second-order valence-corrected chi connectivity index (χ2v) is 9.34. The van der Waals surface area contributed by atoms with Gasteiger partial charge in [-0.15, -0.1) is 0 Å². The van der Waals surface area contributed by atoms with Gasteiger partial charge in [0.15, 0.2) is 0 Å². The molecule has 1 spiro atoms. The van der Waals surface area contributed by atoms with Gasteiger partial charge in [0.2, 0.25) is 11.8 Å². The Kier molecular flexibility index (Phi) is 5.13. The number of fused-ring (bicyclic) bond motifs is 1. The maximum absolute atomic E-state index is 13.5.